The zero-order valence-electron chi connectivity index (χ0n) is 8.43. The molecule has 1 saturated heterocycles. The molecule has 0 radical (unpaired) electrons. The van der Waals surface area contributed by atoms with Gasteiger partial charge in [0, 0.05) is 6.54 Å². The summed E-state index contributed by atoms with van der Waals surface area (Å²) in [4.78, 5) is 22.4. The Bertz CT molecular complexity index is 212. The molecule has 1 atom stereocenters. The molecular weight excluding hydrogens is 182 g/mol. The number of likely N-dealkylation sites (N-methyl/N-ethyl adjacent to an activating group) is 1. The van der Waals surface area contributed by atoms with E-state index in [-0.39, 0.29) is 24.4 Å². The van der Waals surface area contributed by atoms with Crippen LogP contribution in [0.15, 0.2) is 0 Å². The zero-order valence-corrected chi connectivity index (χ0v) is 8.43. The van der Waals surface area contributed by atoms with Gasteiger partial charge in [-0.1, -0.05) is 0 Å². The Morgan fingerprint density at radius 1 is 1.43 bits per heavy atom. The monoisotopic (exact) mass is 199 g/mol. The van der Waals surface area contributed by atoms with Gasteiger partial charge < -0.3 is 16.0 Å². The number of rotatable bonds is 4. The molecule has 80 valence electrons. The Balaban J connectivity index is 2.17. The molecule has 0 aromatic carbocycles. The molecule has 14 heavy (non-hydrogen) atoms. The van der Waals surface area contributed by atoms with E-state index in [0.717, 1.165) is 19.4 Å². The second-order valence-electron chi connectivity index (χ2n) is 3.32. The Morgan fingerprint density at radius 2 is 2.21 bits per heavy atom. The van der Waals surface area contributed by atoms with E-state index in [4.69, 9.17) is 0 Å². The van der Waals surface area contributed by atoms with Crippen molar-refractivity contribution >= 4 is 11.8 Å². The summed E-state index contributed by atoms with van der Waals surface area (Å²) in [6, 6.07) is -0.107. The van der Waals surface area contributed by atoms with Gasteiger partial charge in [-0.2, -0.15) is 0 Å². The highest BCUT2D eigenvalue weighted by atomic mass is 16.2. The molecule has 1 rings (SSSR count). The van der Waals surface area contributed by atoms with Crippen molar-refractivity contribution in [3.63, 3.8) is 0 Å². The largest absolute Gasteiger partial charge is 0.355 e. The number of hydrogen-bond acceptors (Lipinski definition) is 3. The van der Waals surface area contributed by atoms with Crippen LogP contribution >= 0.6 is 0 Å². The normalized spacial score (nSPS) is 20.5. The van der Waals surface area contributed by atoms with Crippen LogP contribution in [0.3, 0.4) is 0 Å². The van der Waals surface area contributed by atoms with E-state index in [1.165, 1.54) is 0 Å². The molecule has 0 aliphatic carbocycles. The summed E-state index contributed by atoms with van der Waals surface area (Å²) < 4.78 is 0. The van der Waals surface area contributed by atoms with Crippen LogP contribution in [0.5, 0.6) is 0 Å². The molecule has 0 aromatic rings. The van der Waals surface area contributed by atoms with Crippen molar-refractivity contribution in [3.8, 4) is 0 Å². The first-order valence-corrected chi connectivity index (χ1v) is 5.02. The molecule has 5 nitrogen and oxygen atoms in total. The average Bonchev–Trinajstić information content (AvgIpc) is 2.67. The van der Waals surface area contributed by atoms with Crippen LogP contribution in [0.25, 0.3) is 0 Å². The van der Waals surface area contributed by atoms with Crippen molar-refractivity contribution in [1.82, 2.24) is 16.0 Å². The van der Waals surface area contributed by atoms with Crippen LogP contribution in [0, 0.1) is 0 Å². The molecule has 1 aliphatic heterocycles. The summed E-state index contributed by atoms with van der Waals surface area (Å²) in [5.74, 6) is -0.215. The summed E-state index contributed by atoms with van der Waals surface area (Å²) in [7, 11) is 0. The highest BCUT2D eigenvalue weighted by Gasteiger charge is 2.21. The first kappa shape index (κ1) is 11.0. The van der Waals surface area contributed by atoms with Gasteiger partial charge in [-0.25, -0.2) is 0 Å². The minimum atomic E-state index is -0.140. The predicted molar refractivity (Wildman–Crippen MR) is 52.7 cm³/mol. The van der Waals surface area contributed by atoms with Crippen LogP contribution in [0.4, 0.5) is 0 Å². The minimum absolute atomic E-state index is 0.0743. The molecule has 1 aliphatic rings. The van der Waals surface area contributed by atoms with Gasteiger partial charge in [0.05, 0.1) is 12.6 Å². The quantitative estimate of drug-likeness (QED) is 0.543. The van der Waals surface area contributed by atoms with E-state index in [1.54, 1.807) is 0 Å². The van der Waals surface area contributed by atoms with Gasteiger partial charge in [0.1, 0.15) is 0 Å². The maximum Gasteiger partial charge on any atom is 0.239 e. The number of amides is 2. The summed E-state index contributed by atoms with van der Waals surface area (Å²) >= 11 is 0. The molecule has 5 heteroatoms. The Labute approximate surface area is 83.6 Å². The van der Waals surface area contributed by atoms with Crippen LogP contribution in [-0.2, 0) is 9.59 Å². The van der Waals surface area contributed by atoms with E-state index >= 15 is 0 Å². The van der Waals surface area contributed by atoms with E-state index in [0.29, 0.717) is 6.54 Å². The molecule has 0 saturated carbocycles. The number of hydrogen-bond donors (Lipinski definition) is 3. The van der Waals surface area contributed by atoms with Gasteiger partial charge in [-0.3, -0.25) is 9.59 Å². The fraction of sp³-hybridized carbons (Fsp3) is 0.778. The van der Waals surface area contributed by atoms with Gasteiger partial charge in [-0.15, -0.1) is 0 Å². The molecular formula is C9H17N3O2. The maximum atomic E-state index is 11.4. The van der Waals surface area contributed by atoms with Crippen molar-refractivity contribution in [1.29, 1.82) is 0 Å². The van der Waals surface area contributed by atoms with Crippen molar-refractivity contribution < 1.29 is 9.59 Å². The molecule has 0 spiro atoms. The summed E-state index contributed by atoms with van der Waals surface area (Å²) in [6.45, 7) is 3.40. The van der Waals surface area contributed by atoms with Gasteiger partial charge in [0.2, 0.25) is 11.8 Å². The highest BCUT2D eigenvalue weighted by molar-refractivity contribution is 5.87. The van der Waals surface area contributed by atoms with Crippen LogP contribution < -0.4 is 16.0 Å². The molecule has 0 aromatic heterocycles. The number of carbonyl (C=O) groups excluding carboxylic acids is 2. The average molecular weight is 199 g/mol. The fourth-order valence-corrected chi connectivity index (χ4v) is 1.46. The standard InChI is InChI=1S/C9H17N3O2/c1-2-10-8(13)6-12-9(14)7-4-3-5-11-7/h7,11H,2-6H2,1H3,(H,10,13)(H,12,14)/t7-/m0/s1. The Morgan fingerprint density at radius 3 is 2.79 bits per heavy atom. The van der Waals surface area contributed by atoms with E-state index in [2.05, 4.69) is 16.0 Å². The third kappa shape index (κ3) is 3.33. The highest BCUT2D eigenvalue weighted by Crippen LogP contribution is 2.03. The molecule has 0 bridgehead atoms. The molecule has 2 amide bonds. The zero-order chi connectivity index (χ0) is 10.4. The van der Waals surface area contributed by atoms with Gasteiger partial charge in [0.15, 0.2) is 0 Å². The van der Waals surface area contributed by atoms with Gasteiger partial charge in [-0.05, 0) is 26.3 Å². The number of nitrogens with one attached hydrogen (secondary N) is 3. The SMILES string of the molecule is CCNC(=O)CNC(=O)[C@@H]1CCCN1. The van der Waals surface area contributed by atoms with Gasteiger partial charge in [0.25, 0.3) is 0 Å². The summed E-state index contributed by atoms with van der Waals surface area (Å²) in [6.07, 6.45) is 1.89. The van der Waals surface area contributed by atoms with Crippen LogP contribution in [0.2, 0.25) is 0 Å². The summed E-state index contributed by atoms with van der Waals surface area (Å²) in [5, 5.41) is 8.28. The topological polar surface area (TPSA) is 70.2 Å². The molecule has 1 heterocycles. The van der Waals surface area contributed by atoms with Crippen LogP contribution in [-0.4, -0.2) is 37.5 Å². The second-order valence-corrected chi connectivity index (χ2v) is 3.32. The summed E-state index contributed by atoms with van der Waals surface area (Å²) in [5.41, 5.74) is 0. The van der Waals surface area contributed by atoms with E-state index in [9.17, 15) is 9.59 Å². The lowest BCUT2D eigenvalue weighted by molar-refractivity contribution is -0.127. The second kappa shape index (κ2) is 5.59. The first-order chi connectivity index (χ1) is 6.74. The fourth-order valence-electron chi connectivity index (χ4n) is 1.46. The third-order valence-corrected chi connectivity index (χ3v) is 2.17. The molecule has 1 fully saturated rings. The lowest BCUT2D eigenvalue weighted by Gasteiger charge is -2.10. The maximum absolute atomic E-state index is 11.4. The predicted octanol–water partition coefficient (Wildman–Crippen LogP) is -1.01. The Hall–Kier alpha value is -1.10. The minimum Gasteiger partial charge on any atom is -0.355 e. The Kier molecular flexibility index (Phi) is 4.39. The first-order valence-electron chi connectivity index (χ1n) is 5.02. The van der Waals surface area contributed by atoms with Crippen molar-refractivity contribution in [2.45, 2.75) is 25.8 Å². The van der Waals surface area contributed by atoms with Crippen molar-refractivity contribution in [2.75, 3.05) is 19.6 Å². The smallest absolute Gasteiger partial charge is 0.239 e. The van der Waals surface area contributed by atoms with Crippen molar-refractivity contribution in [3.05, 3.63) is 0 Å². The lowest BCUT2D eigenvalue weighted by atomic mass is 10.2. The van der Waals surface area contributed by atoms with Gasteiger partial charge >= 0.3 is 0 Å². The molecule has 0 unspecified atom stereocenters. The number of carbonyl (C=O) groups is 2. The van der Waals surface area contributed by atoms with Crippen LogP contribution in [0.1, 0.15) is 19.8 Å². The van der Waals surface area contributed by atoms with E-state index < -0.39 is 0 Å². The van der Waals surface area contributed by atoms with Crippen molar-refractivity contribution in [2.24, 2.45) is 0 Å². The third-order valence-electron chi connectivity index (χ3n) is 2.17. The molecule has 3 N–H and O–H groups in total. The van der Waals surface area contributed by atoms with E-state index in [1.807, 2.05) is 6.92 Å². The lowest BCUT2D eigenvalue weighted by Crippen LogP contribution is -2.44.